The largest absolute Gasteiger partial charge is 0.347 e. The Bertz CT molecular complexity index is 561. The molecule has 100 valence electrons. The number of carbonyl (C=O) groups is 1. The Morgan fingerprint density at radius 3 is 2.47 bits per heavy atom. The Morgan fingerprint density at radius 2 is 1.95 bits per heavy atom. The second-order valence-corrected chi connectivity index (χ2v) is 4.12. The van der Waals surface area contributed by atoms with E-state index in [0.29, 0.717) is 17.5 Å². The van der Waals surface area contributed by atoms with Crippen molar-refractivity contribution in [2.24, 2.45) is 7.05 Å². The van der Waals surface area contributed by atoms with Crippen LogP contribution in [0.25, 0.3) is 0 Å². The van der Waals surface area contributed by atoms with Crippen LogP contribution in [0.3, 0.4) is 0 Å². The third kappa shape index (κ3) is 3.41. The Kier molecular flexibility index (Phi) is 3.60. The molecular formula is C11H15N7O. The van der Waals surface area contributed by atoms with E-state index < -0.39 is 0 Å². The SMILES string of the molecule is CN(C)c1ncc(NC(=O)Nc2ccn(C)n2)cn1. The van der Waals surface area contributed by atoms with Crippen LogP contribution in [0.1, 0.15) is 0 Å². The Labute approximate surface area is 110 Å². The number of nitrogens with one attached hydrogen (secondary N) is 2. The molecule has 2 heterocycles. The second-order valence-electron chi connectivity index (χ2n) is 4.12. The summed E-state index contributed by atoms with van der Waals surface area (Å²) in [4.78, 5) is 21.6. The average Bonchev–Trinajstić information content (AvgIpc) is 2.75. The highest BCUT2D eigenvalue weighted by Crippen LogP contribution is 2.08. The topological polar surface area (TPSA) is 88.0 Å². The molecule has 19 heavy (non-hydrogen) atoms. The van der Waals surface area contributed by atoms with Crippen LogP contribution in [0.15, 0.2) is 24.7 Å². The monoisotopic (exact) mass is 261 g/mol. The molecule has 0 radical (unpaired) electrons. The summed E-state index contributed by atoms with van der Waals surface area (Å²) in [5.74, 6) is 1.06. The number of nitrogens with zero attached hydrogens (tertiary/aromatic N) is 5. The molecule has 0 unspecified atom stereocenters. The van der Waals surface area contributed by atoms with Gasteiger partial charge in [-0.15, -0.1) is 0 Å². The molecular weight excluding hydrogens is 246 g/mol. The van der Waals surface area contributed by atoms with Crippen molar-refractivity contribution in [3.05, 3.63) is 24.7 Å². The van der Waals surface area contributed by atoms with Gasteiger partial charge in [-0.25, -0.2) is 14.8 Å². The van der Waals surface area contributed by atoms with Crippen molar-refractivity contribution < 1.29 is 4.79 Å². The summed E-state index contributed by atoms with van der Waals surface area (Å²) < 4.78 is 1.60. The first-order valence-corrected chi connectivity index (χ1v) is 5.61. The minimum Gasteiger partial charge on any atom is -0.347 e. The molecule has 2 amide bonds. The fourth-order valence-corrected chi connectivity index (χ4v) is 1.38. The highest BCUT2D eigenvalue weighted by Gasteiger charge is 2.05. The van der Waals surface area contributed by atoms with Crippen molar-refractivity contribution in [1.82, 2.24) is 19.7 Å². The maximum atomic E-state index is 11.7. The van der Waals surface area contributed by atoms with Gasteiger partial charge in [-0.2, -0.15) is 5.10 Å². The van der Waals surface area contributed by atoms with Gasteiger partial charge in [-0.1, -0.05) is 0 Å². The average molecular weight is 261 g/mol. The summed E-state index contributed by atoms with van der Waals surface area (Å²) in [5, 5.41) is 9.26. The first-order chi connectivity index (χ1) is 9.04. The fraction of sp³-hybridized carbons (Fsp3) is 0.273. The molecule has 0 spiro atoms. The van der Waals surface area contributed by atoms with Gasteiger partial charge < -0.3 is 10.2 Å². The molecule has 0 bridgehead atoms. The van der Waals surface area contributed by atoms with Gasteiger partial charge in [0.15, 0.2) is 5.82 Å². The van der Waals surface area contributed by atoms with Crippen molar-refractivity contribution in [2.45, 2.75) is 0 Å². The molecule has 0 fully saturated rings. The van der Waals surface area contributed by atoms with E-state index in [0.717, 1.165) is 0 Å². The van der Waals surface area contributed by atoms with E-state index >= 15 is 0 Å². The third-order valence-electron chi connectivity index (χ3n) is 2.25. The van der Waals surface area contributed by atoms with Crippen LogP contribution in [0.2, 0.25) is 0 Å². The summed E-state index contributed by atoms with van der Waals surface area (Å²) in [7, 11) is 5.46. The summed E-state index contributed by atoms with van der Waals surface area (Å²) in [5.41, 5.74) is 0.513. The standard InChI is InChI=1S/C11H15N7O/c1-17(2)10-12-6-8(7-13-10)14-11(19)15-9-4-5-18(3)16-9/h4-7H,1-3H3,(H2,14,15,16,19). The van der Waals surface area contributed by atoms with Gasteiger partial charge in [0.1, 0.15) is 0 Å². The lowest BCUT2D eigenvalue weighted by Crippen LogP contribution is -2.20. The first-order valence-electron chi connectivity index (χ1n) is 5.61. The Morgan fingerprint density at radius 1 is 1.26 bits per heavy atom. The predicted molar refractivity (Wildman–Crippen MR) is 72.2 cm³/mol. The van der Waals surface area contributed by atoms with Crippen molar-refractivity contribution in [2.75, 3.05) is 29.6 Å². The summed E-state index contributed by atoms with van der Waals surface area (Å²) in [6, 6.07) is 1.31. The highest BCUT2D eigenvalue weighted by molar-refractivity contribution is 5.98. The number of anilines is 3. The van der Waals surface area contributed by atoms with Crippen LogP contribution in [0, 0.1) is 0 Å². The number of amides is 2. The number of rotatable bonds is 3. The van der Waals surface area contributed by atoms with Crippen molar-refractivity contribution in [3.8, 4) is 0 Å². The summed E-state index contributed by atoms with van der Waals surface area (Å²) in [6.07, 6.45) is 4.82. The Balaban J connectivity index is 1.95. The fourth-order valence-electron chi connectivity index (χ4n) is 1.38. The van der Waals surface area contributed by atoms with Gasteiger partial charge in [0.2, 0.25) is 5.95 Å². The van der Waals surface area contributed by atoms with Crippen molar-refractivity contribution in [3.63, 3.8) is 0 Å². The minimum atomic E-state index is -0.389. The van der Waals surface area contributed by atoms with Gasteiger partial charge in [0, 0.05) is 33.4 Å². The van der Waals surface area contributed by atoms with E-state index in [2.05, 4.69) is 25.7 Å². The molecule has 0 aliphatic carbocycles. The van der Waals surface area contributed by atoms with Gasteiger partial charge in [0.25, 0.3) is 0 Å². The van der Waals surface area contributed by atoms with Crippen molar-refractivity contribution in [1.29, 1.82) is 0 Å². The van der Waals surface area contributed by atoms with Crippen LogP contribution < -0.4 is 15.5 Å². The van der Waals surface area contributed by atoms with E-state index in [4.69, 9.17) is 0 Å². The highest BCUT2D eigenvalue weighted by atomic mass is 16.2. The third-order valence-corrected chi connectivity index (χ3v) is 2.25. The number of aromatic nitrogens is 4. The predicted octanol–water partition coefficient (Wildman–Crippen LogP) is 0.920. The number of hydrogen-bond donors (Lipinski definition) is 2. The molecule has 2 aromatic heterocycles. The molecule has 2 rings (SSSR count). The van der Waals surface area contributed by atoms with E-state index in [-0.39, 0.29) is 6.03 Å². The van der Waals surface area contributed by atoms with Crippen LogP contribution in [-0.4, -0.2) is 39.9 Å². The van der Waals surface area contributed by atoms with E-state index in [1.165, 1.54) is 0 Å². The number of hydrogen-bond acceptors (Lipinski definition) is 5. The van der Waals surface area contributed by atoms with Gasteiger partial charge in [-0.05, 0) is 0 Å². The summed E-state index contributed by atoms with van der Waals surface area (Å²) in [6.45, 7) is 0. The lowest BCUT2D eigenvalue weighted by atomic mass is 10.5. The zero-order valence-corrected chi connectivity index (χ0v) is 11.0. The zero-order chi connectivity index (χ0) is 13.8. The van der Waals surface area contributed by atoms with Gasteiger partial charge >= 0.3 is 6.03 Å². The zero-order valence-electron chi connectivity index (χ0n) is 11.0. The van der Waals surface area contributed by atoms with Crippen LogP contribution in [-0.2, 0) is 7.05 Å². The van der Waals surface area contributed by atoms with E-state index in [1.54, 1.807) is 41.3 Å². The molecule has 0 aliphatic rings. The molecule has 2 N–H and O–H groups in total. The molecule has 8 heteroatoms. The van der Waals surface area contributed by atoms with Crippen molar-refractivity contribution >= 4 is 23.5 Å². The normalized spacial score (nSPS) is 10.1. The number of urea groups is 1. The van der Waals surface area contributed by atoms with Crippen LogP contribution in [0.5, 0.6) is 0 Å². The summed E-state index contributed by atoms with van der Waals surface area (Å²) >= 11 is 0. The molecule has 0 aliphatic heterocycles. The maximum absolute atomic E-state index is 11.7. The van der Waals surface area contributed by atoms with Crippen LogP contribution >= 0.6 is 0 Å². The van der Waals surface area contributed by atoms with E-state index in [9.17, 15) is 4.79 Å². The smallest absolute Gasteiger partial charge is 0.324 e. The Hall–Kier alpha value is -2.64. The lowest BCUT2D eigenvalue weighted by Gasteiger charge is -2.10. The number of carbonyl (C=O) groups excluding carboxylic acids is 1. The maximum Gasteiger partial charge on any atom is 0.324 e. The molecule has 0 saturated carbocycles. The lowest BCUT2D eigenvalue weighted by molar-refractivity contribution is 0.262. The molecule has 0 aromatic carbocycles. The molecule has 0 saturated heterocycles. The molecule has 8 nitrogen and oxygen atoms in total. The first kappa shape index (κ1) is 12.8. The number of aryl methyl sites for hydroxylation is 1. The quantitative estimate of drug-likeness (QED) is 0.857. The second kappa shape index (κ2) is 5.34. The molecule has 0 atom stereocenters. The van der Waals surface area contributed by atoms with E-state index in [1.807, 2.05) is 14.1 Å². The van der Waals surface area contributed by atoms with Gasteiger partial charge in [0.05, 0.1) is 18.1 Å². The minimum absolute atomic E-state index is 0.389. The molecule has 2 aromatic rings. The van der Waals surface area contributed by atoms with Crippen LogP contribution in [0.4, 0.5) is 22.2 Å². The van der Waals surface area contributed by atoms with Gasteiger partial charge in [-0.3, -0.25) is 10.00 Å².